The second kappa shape index (κ2) is 8.80. The van der Waals surface area contributed by atoms with Gasteiger partial charge in [-0.1, -0.05) is 24.3 Å². The molecule has 0 spiro atoms. The Bertz CT molecular complexity index is 448. The maximum absolute atomic E-state index is 11.4. The zero-order chi connectivity index (χ0) is 14.9. The molecule has 1 aliphatic carbocycles. The number of fused-ring (bicyclic) bond motifs is 1. The molecule has 0 aliphatic heterocycles. The van der Waals surface area contributed by atoms with E-state index in [0.29, 0.717) is 26.1 Å². The van der Waals surface area contributed by atoms with E-state index in [9.17, 15) is 4.79 Å². The number of amides is 1. The van der Waals surface area contributed by atoms with Gasteiger partial charge in [0, 0.05) is 19.6 Å². The Morgan fingerprint density at radius 3 is 3.05 bits per heavy atom. The van der Waals surface area contributed by atoms with Crippen molar-refractivity contribution < 1.29 is 9.53 Å². The Kier molecular flexibility index (Phi) is 6.70. The van der Waals surface area contributed by atoms with E-state index in [4.69, 9.17) is 10.5 Å². The molecule has 0 aromatic heterocycles. The lowest BCUT2D eigenvalue weighted by molar-refractivity contribution is -0.121. The molecule has 3 N–H and O–H groups in total. The number of aryl methyl sites for hydroxylation is 1. The van der Waals surface area contributed by atoms with Crippen LogP contribution in [0.25, 0.3) is 0 Å². The van der Waals surface area contributed by atoms with E-state index in [0.717, 1.165) is 25.7 Å². The molecule has 0 bridgehead atoms. The van der Waals surface area contributed by atoms with Crippen LogP contribution < -0.4 is 11.1 Å². The minimum atomic E-state index is 0.0865. The summed E-state index contributed by atoms with van der Waals surface area (Å²) in [5, 5.41) is 2.90. The van der Waals surface area contributed by atoms with Crippen molar-refractivity contribution in [1.29, 1.82) is 0 Å². The van der Waals surface area contributed by atoms with Gasteiger partial charge in [0.15, 0.2) is 0 Å². The fourth-order valence-corrected chi connectivity index (χ4v) is 2.76. The number of nitrogens with one attached hydrogen (secondary N) is 1. The first-order chi connectivity index (χ1) is 10.3. The third-order valence-electron chi connectivity index (χ3n) is 3.88. The molecule has 1 unspecified atom stereocenters. The van der Waals surface area contributed by atoms with Crippen molar-refractivity contribution in [1.82, 2.24) is 5.32 Å². The Labute approximate surface area is 127 Å². The summed E-state index contributed by atoms with van der Waals surface area (Å²) in [6, 6.07) is 8.55. The van der Waals surface area contributed by atoms with Gasteiger partial charge in [0.1, 0.15) is 0 Å². The van der Waals surface area contributed by atoms with E-state index < -0.39 is 0 Å². The van der Waals surface area contributed by atoms with E-state index >= 15 is 0 Å². The van der Waals surface area contributed by atoms with E-state index in [1.807, 2.05) is 0 Å². The van der Waals surface area contributed by atoms with Crippen molar-refractivity contribution in [2.24, 2.45) is 5.73 Å². The fourth-order valence-electron chi connectivity index (χ4n) is 2.76. The van der Waals surface area contributed by atoms with Crippen molar-refractivity contribution in [3.63, 3.8) is 0 Å². The average molecular weight is 290 g/mol. The molecular formula is C17H26N2O2. The van der Waals surface area contributed by atoms with E-state index in [-0.39, 0.29) is 12.0 Å². The van der Waals surface area contributed by atoms with Crippen molar-refractivity contribution in [2.75, 3.05) is 19.7 Å². The van der Waals surface area contributed by atoms with Gasteiger partial charge < -0.3 is 15.8 Å². The Balaban J connectivity index is 1.65. The highest BCUT2D eigenvalue weighted by molar-refractivity contribution is 5.75. The molecular weight excluding hydrogens is 264 g/mol. The number of hydrogen-bond donors (Lipinski definition) is 2. The van der Waals surface area contributed by atoms with Crippen LogP contribution in [0.15, 0.2) is 24.3 Å². The smallest absolute Gasteiger partial charge is 0.220 e. The molecule has 4 heteroatoms. The monoisotopic (exact) mass is 290 g/mol. The number of carbonyl (C=O) groups excluding carboxylic acids is 1. The van der Waals surface area contributed by atoms with E-state index in [1.54, 1.807) is 0 Å². The van der Waals surface area contributed by atoms with Gasteiger partial charge in [-0.25, -0.2) is 0 Å². The minimum Gasteiger partial charge on any atom is -0.373 e. The molecule has 0 saturated heterocycles. The molecule has 1 amide bonds. The molecule has 1 aliphatic rings. The summed E-state index contributed by atoms with van der Waals surface area (Å²) in [4.78, 5) is 11.4. The molecule has 116 valence electrons. The van der Waals surface area contributed by atoms with Gasteiger partial charge in [0.25, 0.3) is 0 Å². The van der Waals surface area contributed by atoms with Crippen molar-refractivity contribution in [3.05, 3.63) is 35.4 Å². The first-order valence-electron chi connectivity index (χ1n) is 7.97. The third kappa shape index (κ3) is 5.14. The first kappa shape index (κ1) is 16.0. The summed E-state index contributed by atoms with van der Waals surface area (Å²) >= 11 is 0. The summed E-state index contributed by atoms with van der Waals surface area (Å²) in [6.07, 6.45) is 5.80. The molecule has 0 heterocycles. The number of carbonyl (C=O) groups is 1. The molecule has 21 heavy (non-hydrogen) atoms. The normalized spacial score (nSPS) is 17.3. The highest BCUT2D eigenvalue weighted by atomic mass is 16.5. The third-order valence-corrected chi connectivity index (χ3v) is 3.88. The SMILES string of the molecule is NCCCC(=O)NCCCOC1CCCc2ccccc21. The second-order valence-corrected chi connectivity index (χ2v) is 5.55. The Morgan fingerprint density at radius 1 is 1.33 bits per heavy atom. The lowest BCUT2D eigenvalue weighted by Gasteiger charge is -2.25. The zero-order valence-electron chi connectivity index (χ0n) is 12.6. The fraction of sp³-hybridized carbons (Fsp3) is 0.588. The molecule has 0 fully saturated rings. The van der Waals surface area contributed by atoms with Gasteiger partial charge in [-0.3, -0.25) is 4.79 Å². The maximum atomic E-state index is 11.4. The van der Waals surface area contributed by atoms with Crippen LogP contribution in [-0.2, 0) is 16.0 Å². The summed E-state index contributed by atoms with van der Waals surface area (Å²) in [5.41, 5.74) is 8.14. The van der Waals surface area contributed by atoms with Crippen LogP contribution in [0.3, 0.4) is 0 Å². The quantitative estimate of drug-likeness (QED) is 0.722. The van der Waals surface area contributed by atoms with Crippen LogP contribution in [0.2, 0.25) is 0 Å². The summed E-state index contributed by atoms with van der Waals surface area (Å²) in [5.74, 6) is 0.0865. The van der Waals surface area contributed by atoms with Crippen molar-refractivity contribution >= 4 is 5.91 Å². The molecule has 2 rings (SSSR count). The average Bonchev–Trinajstić information content (AvgIpc) is 2.52. The van der Waals surface area contributed by atoms with Gasteiger partial charge >= 0.3 is 0 Å². The highest BCUT2D eigenvalue weighted by Gasteiger charge is 2.19. The predicted octanol–water partition coefficient (Wildman–Crippen LogP) is 2.33. The Morgan fingerprint density at radius 2 is 2.19 bits per heavy atom. The van der Waals surface area contributed by atoms with Gasteiger partial charge in [-0.15, -0.1) is 0 Å². The lowest BCUT2D eigenvalue weighted by Crippen LogP contribution is -2.26. The van der Waals surface area contributed by atoms with E-state index in [1.165, 1.54) is 17.5 Å². The summed E-state index contributed by atoms with van der Waals surface area (Å²) in [7, 11) is 0. The molecule has 0 radical (unpaired) electrons. The number of rotatable bonds is 8. The minimum absolute atomic E-state index is 0.0865. The molecule has 1 aromatic rings. The highest BCUT2D eigenvalue weighted by Crippen LogP contribution is 2.32. The second-order valence-electron chi connectivity index (χ2n) is 5.55. The van der Waals surface area contributed by atoms with Crippen molar-refractivity contribution in [3.8, 4) is 0 Å². The summed E-state index contributed by atoms with van der Waals surface area (Å²) < 4.78 is 6.00. The van der Waals surface area contributed by atoms with Crippen molar-refractivity contribution in [2.45, 2.75) is 44.6 Å². The number of ether oxygens (including phenoxy) is 1. The van der Waals surface area contributed by atoms with Gasteiger partial charge in [-0.2, -0.15) is 0 Å². The predicted molar refractivity (Wildman–Crippen MR) is 84.0 cm³/mol. The van der Waals surface area contributed by atoms with Crippen LogP contribution >= 0.6 is 0 Å². The van der Waals surface area contributed by atoms with Crippen LogP contribution in [0.1, 0.15) is 49.3 Å². The number of benzene rings is 1. The number of nitrogens with two attached hydrogens (primary N) is 1. The van der Waals surface area contributed by atoms with Gasteiger partial charge in [0.2, 0.25) is 5.91 Å². The standard InChI is InChI=1S/C17H26N2O2/c18-11-4-10-17(20)19-12-5-13-21-16-9-3-7-14-6-1-2-8-15(14)16/h1-2,6,8,16H,3-5,7,9-13,18H2,(H,19,20). The number of hydrogen-bond acceptors (Lipinski definition) is 3. The van der Waals surface area contributed by atoms with Crippen LogP contribution in [-0.4, -0.2) is 25.6 Å². The van der Waals surface area contributed by atoms with Crippen LogP contribution in [0.5, 0.6) is 0 Å². The maximum Gasteiger partial charge on any atom is 0.220 e. The summed E-state index contributed by atoms with van der Waals surface area (Å²) in [6.45, 7) is 1.94. The first-order valence-corrected chi connectivity index (χ1v) is 7.97. The molecule has 1 atom stereocenters. The van der Waals surface area contributed by atoms with Crippen LogP contribution in [0.4, 0.5) is 0 Å². The van der Waals surface area contributed by atoms with Crippen LogP contribution in [0, 0.1) is 0 Å². The largest absolute Gasteiger partial charge is 0.373 e. The van der Waals surface area contributed by atoms with Gasteiger partial charge in [-0.05, 0) is 49.8 Å². The molecule has 1 aromatic carbocycles. The molecule has 4 nitrogen and oxygen atoms in total. The Hall–Kier alpha value is -1.39. The topological polar surface area (TPSA) is 64.4 Å². The zero-order valence-corrected chi connectivity index (χ0v) is 12.6. The van der Waals surface area contributed by atoms with E-state index in [2.05, 4.69) is 29.6 Å². The molecule has 0 saturated carbocycles. The van der Waals surface area contributed by atoms with Gasteiger partial charge in [0.05, 0.1) is 6.10 Å². The lowest BCUT2D eigenvalue weighted by atomic mass is 9.89.